The van der Waals surface area contributed by atoms with E-state index in [0.717, 1.165) is 0 Å². The van der Waals surface area contributed by atoms with E-state index in [9.17, 15) is 4.79 Å². The number of aliphatic hydroxyl groups excluding tert-OH is 1. The van der Waals surface area contributed by atoms with Crippen LogP contribution in [0.2, 0.25) is 0 Å². The van der Waals surface area contributed by atoms with E-state index in [1.54, 1.807) is 38.2 Å². The number of nitrogen functional groups attached to an aromatic ring is 1. The Bertz CT molecular complexity index is 335. The minimum absolute atomic E-state index is 0.0444. The van der Waals surface area contributed by atoms with Crippen molar-refractivity contribution in [1.82, 2.24) is 4.90 Å². The molecule has 82 valence electrons. The van der Waals surface area contributed by atoms with Gasteiger partial charge in [0.25, 0.3) is 5.91 Å². The minimum atomic E-state index is -0.185. The predicted octanol–water partition coefficient (Wildman–Crippen LogP) is 0.722. The third kappa shape index (κ3) is 2.70. The van der Waals surface area contributed by atoms with Crippen molar-refractivity contribution in [1.29, 1.82) is 0 Å². The summed E-state index contributed by atoms with van der Waals surface area (Å²) in [5.41, 5.74) is 6.73. The van der Waals surface area contributed by atoms with Gasteiger partial charge in [-0.15, -0.1) is 0 Å². The summed E-state index contributed by atoms with van der Waals surface area (Å²) in [5, 5.41) is 8.93. The van der Waals surface area contributed by atoms with Crippen molar-refractivity contribution in [2.24, 2.45) is 0 Å². The van der Waals surface area contributed by atoms with Crippen LogP contribution in [0.25, 0.3) is 0 Å². The number of anilines is 1. The van der Waals surface area contributed by atoms with Gasteiger partial charge in [-0.3, -0.25) is 4.79 Å². The van der Waals surface area contributed by atoms with Crippen molar-refractivity contribution in [3.63, 3.8) is 0 Å². The van der Waals surface area contributed by atoms with Gasteiger partial charge in [0.15, 0.2) is 0 Å². The van der Waals surface area contributed by atoms with Gasteiger partial charge in [0.05, 0.1) is 12.6 Å². The summed E-state index contributed by atoms with van der Waals surface area (Å²) in [5.74, 6) is -0.114. The highest BCUT2D eigenvalue weighted by molar-refractivity contribution is 5.94. The third-order valence-corrected chi connectivity index (χ3v) is 2.40. The monoisotopic (exact) mass is 208 g/mol. The Kier molecular flexibility index (Phi) is 3.68. The molecule has 0 saturated heterocycles. The summed E-state index contributed by atoms with van der Waals surface area (Å²) < 4.78 is 0. The van der Waals surface area contributed by atoms with Crippen LogP contribution in [0.5, 0.6) is 0 Å². The highest BCUT2D eigenvalue weighted by Gasteiger charge is 2.16. The maximum atomic E-state index is 11.8. The number of benzene rings is 1. The standard InChI is InChI=1S/C11H16N2O2/c1-8(7-14)13(2)11(15)9-3-5-10(12)6-4-9/h3-6,8,14H,7,12H2,1-2H3. The zero-order valence-electron chi connectivity index (χ0n) is 8.97. The second-order valence-electron chi connectivity index (χ2n) is 3.57. The number of carbonyl (C=O) groups is 1. The first kappa shape index (κ1) is 11.5. The van der Waals surface area contributed by atoms with Gasteiger partial charge in [0.1, 0.15) is 0 Å². The fraction of sp³-hybridized carbons (Fsp3) is 0.364. The number of carbonyl (C=O) groups excluding carboxylic acids is 1. The van der Waals surface area contributed by atoms with Crippen molar-refractivity contribution in [3.8, 4) is 0 Å². The summed E-state index contributed by atoms with van der Waals surface area (Å²) in [6.07, 6.45) is 0. The van der Waals surface area contributed by atoms with Gasteiger partial charge in [-0.25, -0.2) is 0 Å². The fourth-order valence-corrected chi connectivity index (χ4v) is 1.15. The summed E-state index contributed by atoms with van der Waals surface area (Å²) in [6, 6.07) is 6.54. The maximum absolute atomic E-state index is 11.8. The molecule has 1 unspecified atom stereocenters. The summed E-state index contributed by atoms with van der Waals surface area (Å²) in [6.45, 7) is 1.74. The first-order valence-electron chi connectivity index (χ1n) is 4.80. The van der Waals surface area contributed by atoms with E-state index in [-0.39, 0.29) is 18.6 Å². The molecule has 4 heteroatoms. The first-order valence-corrected chi connectivity index (χ1v) is 4.80. The zero-order valence-corrected chi connectivity index (χ0v) is 8.97. The molecule has 4 nitrogen and oxygen atoms in total. The van der Waals surface area contributed by atoms with Crippen molar-refractivity contribution >= 4 is 11.6 Å². The van der Waals surface area contributed by atoms with Gasteiger partial charge in [0.2, 0.25) is 0 Å². The van der Waals surface area contributed by atoms with E-state index in [2.05, 4.69) is 0 Å². The average molecular weight is 208 g/mol. The molecule has 0 saturated carbocycles. The number of aliphatic hydroxyl groups is 1. The molecule has 0 aliphatic heterocycles. The van der Waals surface area contributed by atoms with Crippen LogP contribution < -0.4 is 5.73 Å². The van der Waals surface area contributed by atoms with E-state index >= 15 is 0 Å². The Balaban J connectivity index is 2.80. The lowest BCUT2D eigenvalue weighted by Gasteiger charge is -2.23. The topological polar surface area (TPSA) is 66.6 Å². The van der Waals surface area contributed by atoms with Crippen LogP contribution in [-0.2, 0) is 0 Å². The van der Waals surface area contributed by atoms with Gasteiger partial charge in [0, 0.05) is 18.3 Å². The summed E-state index contributed by atoms with van der Waals surface area (Å²) >= 11 is 0. The summed E-state index contributed by atoms with van der Waals surface area (Å²) in [4.78, 5) is 13.3. The van der Waals surface area contributed by atoms with Crippen LogP contribution in [0.1, 0.15) is 17.3 Å². The normalized spacial score (nSPS) is 12.2. The molecule has 15 heavy (non-hydrogen) atoms. The zero-order chi connectivity index (χ0) is 11.4. The Labute approximate surface area is 89.3 Å². The molecule has 0 spiro atoms. The average Bonchev–Trinajstić information content (AvgIpc) is 2.27. The smallest absolute Gasteiger partial charge is 0.253 e. The molecule has 3 N–H and O–H groups in total. The number of hydrogen-bond acceptors (Lipinski definition) is 3. The Morgan fingerprint density at radius 1 is 1.47 bits per heavy atom. The molecule has 1 rings (SSSR count). The second-order valence-corrected chi connectivity index (χ2v) is 3.57. The van der Waals surface area contributed by atoms with E-state index in [4.69, 9.17) is 10.8 Å². The van der Waals surface area contributed by atoms with Crippen LogP contribution in [-0.4, -0.2) is 35.6 Å². The highest BCUT2D eigenvalue weighted by atomic mass is 16.3. The minimum Gasteiger partial charge on any atom is -0.399 e. The molecule has 0 aromatic heterocycles. The molecule has 1 atom stereocenters. The van der Waals surface area contributed by atoms with E-state index in [1.807, 2.05) is 0 Å². The Morgan fingerprint density at radius 2 is 2.00 bits per heavy atom. The molecule has 1 amide bonds. The Morgan fingerprint density at radius 3 is 2.47 bits per heavy atom. The predicted molar refractivity (Wildman–Crippen MR) is 59.5 cm³/mol. The van der Waals surface area contributed by atoms with Crippen LogP contribution in [0.4, 0.5) is 5.69 Å². The van der Waals surface area contributed by atoms with Gasteiger partial charge in [-0.2, -0.15) is 0 Å². The van der Waals surface area contributed by atoms with Crippen molar-refractivity contribution in [2.45, 2.75) is 13.0 Å². The first-order chi connectivity index (χ1) is 7.06. The molecular formula is C11H16N2O2. The Hall–Kier alpha value is -1.55. The number of amides is 1. The summed E-state index contributed by atoms with van der Waals surface area (Å²) in [7, 11) is 1.67. The van der Waals surface area contributed by atoms with Crippen LogP contribution in [0.15, 0.2) is 24.3 Å². The second kappa shape index (κ2) is 4.79. The largest absolute Gasteiger partial charge is 0.399 e. The van der Waals surface area contributed by atoms with Gasteiger partial charge in [-0.05, 0) is 31.2 Å². The van der Waals surface area contributed by atoms with Crippen LogP contribution in [0, 0.1) is 0 Å². The van der Waals surface area contributed by atoms with Crippen molar-refractivity contribution < 1.29 is 9.90 Å². The molecular weight excluding hydrogens is 192 g/mol. The number of rotatable bonds is 3. The fourth-order valence-electron chi connectivity index (χ4n) is 1.15. The quantitative estimate of drug-likeness (QED) is 0.719. The number of hydrogen-bond donors (Lipinski definition) is 2. The third-order valence-electron chi connectivity index (χ3n) is 2.40. The lowest BCUT2D eigenvalue weighted by Crippen LogP contribution is -2.37. The molecule has 1 aromatic carbocycles. The maximum Gasteiger partial charge on any atom is 0.253 e. The lowest BCUT2D eigenvalue weighted by atomic mass is 10.1. The molecule has 1 aromatic rings. The lowest BCUT2D eigenvalue weighted by molar-refractivity contribution is 0.0682. The van der Waals surface area contributed by atoms with Crippen LogP contribution >= 0.6 is 0 Å². The van der Waals surface area contributed by atoms with Crippen LogP contribution in [0.3, 0.4) is 0 Å². The number of nitrogens with two attached hydrogens (primary N) is 1. The molecule has 0 heterocycles. The molecule has 0 aliphatic carbocycles. The van der Waals surface area contributed by atoms with Crippen molar-refractivity contribution in [2.75, 3.05) is 19.4 Å². The highest BCUT2D eigenvalue weighted by Crippen LogP contribution is 2.09. The van der Waals surface area contributed by atoms with Crippen molar-refractivity contribution in [3.05, 3.63) is 29.8 Å². The van der Waals surface area contributed by atoms with E-state index < -0.39 is 0 Å². The van der Waals surface area contributed by atoms with Gasteiger partial charge in [-0.1, -0.05) is 0 Å². The molecule has 0 bridgehead atoms. The molecule has 0 fully saturated rings. The molecule has 0 radical (unpaired) electrons. The molecule has 0 aliphatic rings. The van der Waals surface area contributed by atoms with E-state index in [1.165, 1.54) is 4.90 Å². The van der Waals surface area contributed by atoms with Gasteiger partial charge < -0.3 is 15.7 Å². The van der Waals surface area contributed by atoms with Gasteiger partial charge >= 0.3 is 0 Å². The number of likely N-dealkylation sites (N-methyl/N-ethyl adjacent to an activating group) is 1. The SMILES string of the molecule is CC(CO)N(C)C(=O)c1ccc(N)cc1. The number of nitrogens with zero attached hydrogens (tertiary/aromatic N) is 1. The van der Waals surface area contributed by atoms with E-state index in [0.29, 0.717) is 11.3 Å².